The van der Waals surface area contributed by atoms with E-state index < -0.39 is 18.2 Å². The first kappa shape index (κ1) is 21.9. The third-order valence-electron chi connectivity index (χ3n) is 4.33. The third kappa shape index (κ3) is 6.90. The first-order valence-corrected chi connectivity index (χ1v) is 9.16. The van der Waals surface area contributed by atoms with Crippen LogP contribution in [0.1, 0.15) is 29.2 Å². The van der Waals surface area contributed by atoms with E-state index in [4.69, 9.17) is 9.47 Å². The number of ether oxygens (including phenoxy) is 2. The lowest BCUT2D eigenvalue weighted by Crippen LogP contribution is -2.25. The van der Waals surface area contributed by atoms with Gasteiger partial charge in [0.25, 0.3) is 0 Å². The van der Waals surface area contributed by atoms with Crippen molar-refractivity contribution in [1.82, 2.24) is 0 Å². The van der Waals surface area contributed by atoms with Gasteiger partial charge in [-0.2, -0.15) is 4.99 Å². The van der Waals surface area contributed by atoms with Crippen LogP contribution in [0.25, 0.3) is 0 Å². The summed E-state index contributed by atoms with van der Waals surface area (Å²) in [5, 5.41) is 2.65. The van der Waals surface area contributed by atoms with Gasteiger partial charge in [-0.05, 0) is 68.1 Å². The van der Waals surface area contributed by atoms with Gasteiger partial charge in [-0.15, -0.1) is 0 Å². The Morgan fingerprint density at radius 1 is 1.07 bits per heavy atom. The molecule has 0 aliphatic rings. The number of rotatable bonds is 7. The molecule has 152 valence electrons. The molecule has 2 aromatic carbocycles. The lowest BCUT2D eigenvalue weighted by atomic mass is 10.1. The van der Waals surface area contributed by atoms with Crippen molar-refractivity contribution in [2.45, 2.75) is 40.2 Å². The Kier molecular flexibility index (Phi) is 7.69. The molecule has 2 aromatic rings. The van der Waals surface area contributed by atoms with Gasteiger partial charge in [0.05, 0.1) is 12.1 Å². The van der Waals surface area contributed by atoms with Crippen molar-refractivity contribution < 1.29 is 23.9 Å². The molecule has 0 heterocycles. The fourth-order valence-electron chi connectivity index (χ4n) is 2.55. The van der Waals surface area contributed by atoms with Crippen molar-refractivity contribution >= 4 is 29.5 Å². The number of amides is 1. The molecule has 2 rings (SSSR count). The largest absolute Gasteiger partial charge is 0.461 e. The summed E-state index contributed by atoms with van der Waals surface area (Å²) in [6, 6.07) is 10.7. The van der Waals surface area contributed by atoms with Crippen molar-refractivity contribution in [3.8, 4) is 0 Å². The average Bonchev–Trinajstić information content (AvgIpc) is 2.66. The summed E-state index contributed by atoms with van der Waals surface area (Å²) in [6.45, 7) is 7.32. The molecular weight excluding hydrogens is 372 g/mol. The van der Waals surface area contributed by atoms with Crippen LogP contribution in [0.15, 0.2) is 41.4 Å². The zero-order valence-corrected chi connectivity index (χ0v) is 16.9. The number of anilines is 1. The molecule has 7 heteroatoms. The molecule has 29 heavy (non-hydrogen) atoms. The molecule has 1 N–H and O–H groups in total. The molecule has 0 aliphatic carbocycles. The van der Waals surface area contributed by atoms with Gasteiger partial charge in [0, 0.05) is 5.69 Å². The van der Waals surface area contributed by atoms with Crippen LogP contribution < -0.4 is 5.32 Å². The number of hydrogen-bond acceptors (Lipinski definition) is 6. The van der Waals surface area contributed by atoms with E-state index >= 15 is 0 Å². The Labute approximate surface area is 169 Å². The predicted octanol–water partition coefficient (Wildman–Crippen LogP) is 4.30. The highest BCUT2D eigenvalue weighted by atomic mass is 16.6. The number of carbonyl (C=O) groups is 2. The Balaban J connectivity index is 1.80. The molecule has 0 aromatic heterocycles. The summed E-state index contributed by atoms with van der Waals surface area (Å²) in [6.07, 6.45) is 0.277. The zero-order valence-electron chi connectivity index (χ0n) is 16.9. The van der Waals surface area contributed by atoms with E-state index in [1.54, 1.807) is 38.1 Å². The number of aryl methyl sites for hydroxylation is 3. The van der Waals surface area contributed by atoms with Crippen LogP contribution in [0.2, 0.25) is 0 Å². The lowest BCUT2D eigenvalue weighted by Gasteiger charge is -2.15. The first-order chi connectivity index (χ1) is 13.8. The Hall–Kier alpha value is -3.44. The number of hydrogen-bond donors (Lipinski definition) is 1. The number of carbonyl (C=O) groups excluding carboxylic acids is 3. The van der Waals surface area contributed by atoms with Crippen LogP contribution in [0.3, 0.4) is 0 Å². The Bertz CT molecular complexity index is 948. The van der Waals surface area contributed by atoms with Crippen LogP contribution in [0.4, 0.5) is 16.2 Å². The fraction of sp³-hybridized carbons (Fsp3) is 0.318. The van der Waals surface area contributed by atoms with Gasteiger partial charge in [-0.3, -0.25) is 10.1 Å². The summed E-state index contributed by atoms with van der Waals surface area (Å²) >= 11 is 0. The minimum absolute atomic E-state index is 0.0171. The monoisotopic (exact) mass is 396 g/mol. The molecule has 0 saturated carbocycles. The van der Waals surface area contributed by atoms with Crippen LogP contribution in [0.5, 0.6) is 0 Å². The molecule has 1 unspecified atom stereocenters. The number of benzene rings is 2. The second-order valence-corrected chi connectivity index (χ2v) is 6.82. The van der Waals surface area contributed by atoms with Gasteiger partial charge in [0.1, 0.15) is 12.7 Å². The third-order valence-corrected chi connectivity index (χ3v) is 4.33. The van der Waals surface area contributed by atoms with Gasteiger partial charge in [-0.25, -0.2) is 9.59 Å². The number of nitrogens with one attached hydrogen (secondary N) is 1. The van der Waals surface area contributed by atoms with Gasteiger partial charge in [0.2, 0.25) is 6.08 Å². The minimum Gasteiger partial charge on any atom is -0.461 e. The predicted molar refractivity (Wildman–Crippen MR) is 109 cm³/mol. The Morgan fingerprint density at radius 2 is 1.79 bits per heavy atom. The molecular formula is C22H24N2O5. The van der Waals surface area contributed by atoms with E-state index in [1.807, 2.05) is 26.0 Å². The quantitative estimate of drug-likeness (QED) is 0.428. The maximum atomic E-state index is 12.0. The Morgan fingerprint density at radius 3 is 2.48 bits per heavy atom. The van der Waals surface area contributed by atoms with Gasteiger partial charge in [0.15, 0.2) is 0 Å². The highest BCUT2D eigenvalue weighted by Gasteiger charge is 2.13. The van der Waals surface area contributed by atoms with Crippen molar-refractivity contribution in [3.63, 3.8) is 0 Å². The van der Waals surface area contributed by atoms with Crippen LogP contribution in [-0.2, 0) is 25.5 Å². The topological polar surface area (TPSA) is 94.1 Å². The first-order valence-electron chi connectivity index (χ1n) is 9.16. The molecule has 0 fully saturated rings. The van der Waals surface area contributed by atoms with Crippen molar-refractivity contribution in [2.24, 2.45) is 4.99 Å². The summed E-state index contributed by atoms with van der Waals surface area (Å²) in [5.41, 5.74) is 4.75. The molecule has 0 bridgehead atoms. The van der Waals surface area contributed by atoms with Gasteiger partial charge in [-0.1, -0.05) is 18.2 Å². The normalized spacial score (nSPS) is 11.2. The number of aliphatic imine (C=N–C) groups is 1. The molecule has 0 aliphatic heterocycles. The van der Waals surface area contributed by atoms with Crippen molar-refractivity contribution in [1.29, 1.82) is 0 Å². The summed E-state index contributed by atoms with van der Waals surface area (Å²) in [7, 11) is 0. The summed E-state index contributed by atoms with van der Waals surface area (Å²) in [4.78, 5) is 38.0. The van der Waals surface area contributed by atoms with E-state index in [0.717, 1.165) is 16.7 Å². The van der Waals surface area contributed by atoms with Gasteiger partial charge >= 0.3 is 12.1 Å². The van der Waals surface area contributed by atoms with Crippen LogP contribution >= 0.6 is 0 Å². The maximum absolute atomic E-state index is 12.0. The summed E-state index contributed by atoms with van der Waals surface area (Å²) < 4.78 is 10.4. The van der Waals surface area contributed by atoms with E-state index in [2.05, 4.69) is 10.3 Å². The smallest absolute Gasteiger partial charge is 0.412 e. The SMILES string of the molecule is Cc1ccc(NC(=O)OC(C)COC(=O)Cc2ccc(C)c(N=C=O)c2)cc1C. The average molecular weight is 396 g/mol. The summed E-state index contributed by atoms with van der Waals surface area (Å²) in [5.74, 6) is -0.472. The second-order valence-electron chi connectivity index (χ2n) is 6.82. The molecule has 1 atom stereocenters. The zero-order chi connectivity index (χ0) is 21.4. The maximum Gasteiger partial charge on any atom is 0.412 e. The molecule has 0 spiro atoms. The van der Waals surface area contributed by atoms with E-state index in [0.29, 0.717) is 16.9 Å². The highest BCUT2D eigenvalue weighted by molar-refractivity contribution is 5.84. The van der Waals surface area contributed by atoms with Crippen molar-refractivity contribution in [2.75, 3.05) is 11.9 Å². The van der Waals surface area contributed by atoms with E-state index in [-0.39, 0.29) is 13.0 Å². The number of nitrogens with zero attached hydrogens (tertiary/aromatic N) is 1. The molecule has 1 amide bonds. The van der Waals surface area contributed by atoms with E-state index in [1.165, 1.54) is 6.08 Å². The molecule has 0 radical (unpaired) electrons. The number of esters is 1. The van der Waals surface area contributed by atoms with Crippen LogP contribution in [0, 0.1) is 20.8 Å². The minimum atomic E-state index is -0.619. The highest BCUT2D eigenvalue weighted by Crippen LogP contribution is 2.20. The van der Waals surface area contributed by atoms with E-state index in [9.17, 15) is 14.4 Å². The molecule has 7 nitrogen and oxygen atoms in total. The second kappa shape index (κ2) is 10.2. The standard InChI is InChI=1S/C22H24N2O5/c1-14-6-8-19(9-16(14)3)24-22(27)29-17(4)12-28-21(26)11-18-7-5-15(2)20(10-18)23-13-25/h5-10,17H,11-12H2,1-4H3,(H,24,27). The van der Waals surface area contributed by atoms with Crippen molar-refractivity contribution in [3.05, 3.63) is 58.7 Å². The van der Waals surface area contributed by atoms with Crippen LogP contribution in [-0.4, -0.2) is 30.9 Å². The lowest BCUT2D eigenvalue weighted by molar-refractivity contribution is -0.145. The number of isocyanates is 1. The molecule has 0 saturated heterocycles. The van der Waals surface area contributed by atoms with Gasteiger partial charge < -0.3 is 9.47 Å². The fourth-order valence-corrected chi connectivity index (χ4v) is 2.55.